The highest BCUT2D eigenvalue weighted by atomic mass is 16.5. The van der Waals surface area contributed by atoms with Crippen LogP contribution in [0, 0.1) is 0 Å². The molecular weight excluding hydrogens is 442 g/mol. The van der Waals surface area contributed by atoms with E-state index in [0.29, 0.717) is 32.3 Å². The highest BCUT2D eigenvalue weighted by Gasteiger charge is 2.30. The summed E-state index contributed by atoms with van der Waals surface area (Å²) in [6.07, 6.45) is 0.513. The van der Waals surface area contributed by atoms with E-state index in [1.165, 1.54) is 0 Å². The van der Waals surface area contributed by atoms with Crippen LogP contribution >= 0.6 is 0 Å². The minimum Gasteiger partial charge on any atom is -0.493 e. The van der Waals surface area contributed by atoms with Crippen LogP contribution in [-0.4, -0.2) is 35.2 Å². The Morgan fingerprint density at radius 3 is 2.83 bits per heavy atom. The maximum absolute atomic E-state index is 11.6. The third kappa shape index (κ3) is 3.77. The number of nitrogens with zero attached hydrogens (tertiary/aromatic N) is 2. The molecule has 2 unspecified atom stereocenters. The minimum absolute atomic E-state index is 0.0113. The van der Waals surface area contributed by atoms with Gasteiger partial charge in [-0.3, -0.25) is 4.57 Å². The van der Waals surface area contributed by atoms with E-state index in [1.54, 1.807) is 6.92 Å². The van der Waals surface area contributed by atoms with Crippen molar-refractivity contribution in [2.45, 2.75) is 32.2 Å². The molecule has 2 aliphatic heterocycles. The number of hydrogen-bond donors (Lipinski definition) is 1. The van der Waals surface area contributed by atoms with Gasteiger partial charge in [-0.05, 0) is 38.1 Å². The zero-order valence-electron chi connectivity index (χ0n) is 19.8. The summed E-state index contributed by atoms with van der Waals surface area (Å²) in [7, 11) is 0. The first-order valence-corrected chi connectivity index (χ1v) is 12.0. The molecule has 0 fully saturated rings. The quantitative estimate of drug-likeness (QED) is 0.389. The number of aromatic nitrogens is 2. The summed E-state index contributed by atoms with van der Waals surface area (Å²) >= 11 is 0. The van der Waals surface area contributed by atoms with Gasteiger partial charge >= 0.3 is 6.01 Å². The summed E-state index contributed by atoms with van der Waals surface area (Å²) in [6, 6.07) is 20.9. The van der Waals surface area contributed by atoms with Gasteiger partial charge in [0.05, 0.1) is 36.0 Å². The van der Waals surface area contributed by atoms with E-state index in [4.69, 9.17) is 14.2 Å². The Balaban J connectivity index is 1.32. The Kier molecular flexibility index (Phi) is 5.32. The Labute approximate surface area is 203 Å². The molecule has 2 aliphatic rings. The van der Waals surface area contributed by atoms with Gasteiger partial charge in [-0.15, -0.1) is 0 Å². The number of fused-ring (bicyclic) bond motifs is 3. The number of nitrogens with one attached hydrogen (secondary N) is 1. The van der Waals surface area contributed by atoms with Crippen molar-refractivity contribution in [3.8, 4) is 23.2 Å². The van der Waals surface area contributed by atoms with Crippen molar-refractivity contribution >= 4 is 22.5 Å². The Morgan fingerprint density at radius 1 is 1.09 bits per heavy atom. The van der Waals surface area contributed by atoms with Gasteiger partial charge in [0.15, 0.2) is 0 Å². The lowest BCUT2D eigenvalue weighted by molar-refractivity contribution is -0.117. The number of Topliss-reactive ketones (excluding diaryl/α,β-unsaturated/α-hetero) is 1. The molecule has 3 heterocycles. The molecule has 7 nitrogen and oxygen atoms in total. The predicted octanol–water partition coefficient (Wildman–Crippen LogP) is 5.42. The highest BCUT2D eigenvalue weighted by Crippen LogP contribution is 2.43. The third-order valence-corrected chi connectivity index (χ3v) is 6.61. The van der Waals surface area contributed by atoms with E-state index in [2.05, 4.69) is 28.5 Å². The number of para-hydroxylation sites is 3. The molecule has 0 amide bonds. The molecule has 4 aromatic rings. The van der Waals surface area contributed by atoms with E-state index in [9.17, 15) is 4.79 Å². The van der Waals surface area contributed by atoms with Crippen LogP contribution in [-0.2, 0) is 4.79 Å². The van der Waals surface area contributed by atoms with E-state index >= 15 is 0 Å². The lowest BCUT2D eigenvalue weighted by Gasteiger charge is -2.15. The van der Waals surface area contributed by atoms with Gasteiger partial charge in [0.2, 0.25) is 0 Å². The number of ketones is 1. The highest BCUT2D eigenvalue weighted by molar-refractivity contribution is 5.80. The van der Waals surface area contributed by atoms with E-state index in [0.717, 1.165) is 45.0 Å². The molecular formula is C28H27N3O4. The van der Waals surface area contributed by atoms with Crippen LogP contribution in [0.5, 0.6) is 17.5 Å². The monoisotopic (exact) mass is 469 g/mol. The molecule has 178 valence electrons. The minimum atomic E-state index is -0.0113. The van der Waals surface area contributed by atoms with Gasteiger partial charge in [-0.2, -0.15) is 4.98 Å². The lowest BCUT2D eigenvalue weighted by Crippen LogP contribution is -2.11. The molecule has 0 radical (unpaired) electrons. The Hall–Kier alpha value is -4.00. The number of hydrogen-bond acceptors (Lipinski definition) is 6. The van der Waals surface area contributed by atoms with Gasteiger partial charge in [-0.25, -0.2) is 0 Å². The van der Waals surface area contributed by atoms with Crippen LogP contribution < -0.4 is 19.5 Å². The standard InChI is InChI=1S/C28H27N3O4/c1-3-33-28-30-22-8-4-5-9-24(22)31(28)25-10-6-7-21-23(16-35-27(21)25)29-19-11-12-20-18(13-17(2)32)15-34-26(20)14-19/h4-12,14,18,23,29H,3,13,15-16H2,1-2H3. The average molecular weight is 470 g/mol. The average Bonchev–Trinajstić information content (AvgIpc) is 3.54. The fourth-order valence-corrected chi connectivity index (χ4v) is 5.07. The fourth-order valence-electron chi connectivity index (χ4n) is 5.07. The molecule has 3 aromatic carbocycles. The van der Waals surface area contributed by atoms with Crippen LogP contribution in [0.3, 0.4) is 0 Å². The molecule has 0 spiro atoms. The van der Waals surface area contributed by atoms with Crippen molar-refractivity contribution in [2.75, 3.05) is 25.1 Å². The second-order valence-corrected chi connectivity index (χ2v) is 9.02. The molecule has 0 saturated heterocycles. The van der Waals surface area contributed by atoms with Crippen molar-refractivity contribution in [2.24, 2.45) is 0 Å². The molecule has 0 aliphatic carbocycles. The summed E-state index contributed by atoms with van der Waals surface area (Å²) in [6.45, 7) is 5.17. The van der Waals surface area contributed by atoms with Crippen LogP contribution in [0.2, 0.25) is 0 Å². The first-order valence-electron chi connectivity index (χ1n) is 12.0. The van der Waals surface area contributed by atoms with Crippen molar-refractivity contribution in [1.29, 1.82) is 0 Å². The number of rotatable bonds is 7. The fraction of sp³-hybridized carbons (Fsp3) is 0.286. The SMILES string of the molecule is CCOc1nc2ccccc2n1-c1cccc2c1OCC2Nc1ccc2c(c1)OCC2CC(C)=O. The van der Waals surface area contributed by atoms with Crippen molar-refractivity contribution < 1.29 is 19.0 Å². The lowest BCUT2D eigenvalue weighted by atomic mass is 9.96. The van der Waals surface area contributed by atoms with Gasteiger partial charge in [-0.1, -0.05) is 30.3 Å². The summed E-state index contributed by atoms with van der Waals surface area (Å²) in [5, 5.41) is 3.60. The van der Waals surface area contributed by atoms with Crippen LogP contribution in [0.15, 0.2) is 60.7 Å². The van der Waals surface area contributed by atoms with E-state index < -0.39 is 0 Å². The zero-order chi connectivity index (χ0) is 23.9. The summed E-state index contributed by atoms with van der Waals surface area (Å²) in [4.78, 5) is 16.3. The number of carbonyl (C=O) groups is 1. The van der Waals surface area contributed by atoms with Crippen LogP contribution in [0.25, 0.3) is 16.7 Å². The van der Waals surface area contributed by atoms with Crippen molar-refractivity contribution in [3.63, 3.8) is 0 Å². The topological polar surface area (TPSA) is 74.6 Å². The van der Waals surface area contributed by atoms with Crippen LogP contribution in [0.1, 0.15) is 43.4 Å². The van der Waals surface area contributed by atoms with Crippen molar-refractivity contribution in [1.82, 2.24) is 9.55 Å². The second-order valence-electron chi connectivity index (χ2n) is 9.02. The molecule has 35 heavy (non-hydrogen) atoms. The number of ether oxygens (including phenoxy) is 3. The van der Waals surface area contributed by atoms with Crippen LogP contribution in [0.4, 0.5) is 5.69 Å². The number of benzene rings is 3. The van der Waals surface area contributed by atoms with E-state index in [1.807, 2.05) is 54.0 Å². The molecule has 7 heteroatoms. The number of imidazole rings is 1. The molecule has 0 bridgehead atoms. The molecule has 1 N–H and O–H groups in total. The third-order valence-electron chi connectivity index (χ3n) is 6.61. The predicted molar refractivity (Wildman–Crippen MR) is 134 cm³/mol. The van der Waals surface area contributed by atoms with Gasteiger partial charge in [0.25, 0.3) is 0 Å². The zero-order valence-corrected chi connectivity index (χ0v) is 19.8. The second kappa shape index (κ2) is 8.65. The van der Waals surface area contributed by atoms with Gasteiger partial charge < -0.3 is 24.3 Å². The molecule has 1 aromatic heterocycles. The largest absolute Gasteiger partial charge is 0.493 e. The number of anilines is 1. The first kappa shape index (κ1) is 21.5. The molecule has 6 rings (SSSR count). The summed E-state index contributed by atoms with van der Waals surface area (Å²) in [5.41, 5.74) is 5.91. The van der Waals surface area contributed by atoms with E-state index in [-0.39, 0.29) is 17.7 Å². The smallest absolute Gasteiger partial charge is 0.302 e. The van der Waals surface area contributed by atoms with Gasteiger partial charge in [0.1, 0.15) is 23.9 Å². The summed E-state index contributed by atoms with van der Waals surface area (Å²) in [5.74, 6) is 2.00. The van der Waals surface area contributed by atoms with Crippen molar-refractivity contribution in [3.05, 3.63) is 71.8 Å². The maximum Gasteiger partial charge on any atom is 0.302 e. The summed E-state index contributed by atoms with van der Waals surface area (Å²) < 4.78 is 20.0. The molecule has 0 saturated carbocycles. The van der Waals surface area contributed by atoms with Gasteiger partial charge in [0, 0.05) is 35.2 Å². The Bertz CT molecular complexity index is 1430. The number of carbonyl (C=O) groups excluding carboxylic acids is 1. The molecule has 2 atom stereocenters. The normalized spacial score (nSPS) is 18.0. The Morgan fingerprint density at radius 2 is 1.97 bits per heavy atom. The maximum atomic E-state index is 11.6. The first-order chi connectivity index (χ1) is 17.1.